The summed E-state index contributed by atoms with van der Waals surface area (Å²) in [5, 5.41) is 16.1. The predicted molar refractivity (Wildman–Crippen MR) is 119 cm³/mol. The van der Waals surface area contributed by atoms with Crippen molar-refractivity contribution in [3.8, 4) is 0 Å². The highest BCUT2D eigenvalue weighted by Gasteiger charge is 1.99. The first-order chi connectivity index (χ1) is 13.9. The van der Waals surface area contributed by atoms with E-state index in [1.54, 1.807) is 13.8 Å². The quantitative estimate of drug-likeness (QED) is 0.532. The van der Waals surface area contributed by atoms with E-state index in [1.807, 2.05) is 36.4 Å². The van der Waals surface area contributed by atoms with Crippen LogP contribution in [0.25, 0.3) is 6.08 Å². The highest BCUT2D eigenvalue weighted by molar-refractivity contribution is 5.87. The number of hydrogen-bond donors (Lipinski definition) is 2. The third kappa shape index (κ3) is 22.6. The van der Waals surface area contributed by atoms with Gasteiger partial charge in [0.25, 0.3) is 0 Å². The molecule has 0 aliphatic heterocycles. The molecule has 30 heavy (non-hydrogen) atoms. The van der Waals surface area contributed by atoms with Crippen molar-refractivity contribution in [3.05, 3.63) is 78.9 Å². The first-order valence-corrected chi connectivity index (χ1v) is 8.68. The zero-order valence-corrected chi connectivity index (χ0v) is 18.1. The van der Waals surface area contributed by atoms with Crippen LogP contribution in [0, 0.1) is 0 Å². The Morgan fingerprint density at radius 2 is 1.37 bits per heavy atom. The summed E-state index contributed by atoms with van der Waals surface area (Å²) < 4.78 is 8.74. The van der Waals surface area contributed by atoms with Gasteiger partial charge in [0.2, 0.25) is 0 Å². The number of aliphatic hydroxyl groups excluding tert-OH is 1. The van der Waals surface area contributed by atoms with E-state index < -0.39 is 11.9 Å². The molecule has 0 fully saturated rings. The number of aliphatic carboxylic acids is 1. The van der Waals surface area contributed by atoms with Gasteiger partial charge in [-0.25, -0.2) is 14.4 Å². The van der Waals surface area contributed by atoms with Gasteiger partial charge in [0.15, 0.2) is 0 Å². The molecule has 7 nitrogen and oxygen atoms in total. The number of benzene rings is 1. The monoisotopic (exact) mass is 420 g/mol. The molecule has 7 heteroatoms. The summed E-state index contributed by atoms with van der Waals surface area (Å²) in [4.78, 5) is 30.3. The average Bonchev–Trinajstić information content (AvgIpc) is 2.72. The van der Waals surface area contributed by atoms with E-state index in [4.69, 9.17) is 10.2 Å². The Hall–Kier alpha value is -3.45. The predicted octanol–water partition coefficient (Wildman–Crippen LogP) is 3.81. The van der Waals surface area contributed by atoms with Crippen LogP contribution in [0.15, 0.2) is 73.4 Å². The van der Waals surface area contributed by atoms with Gasteiger partial charge >= 0.3 is 17.9 Å². The lowest BCUT2D eigenvalue weighted by Crippen LogP contribution is -2.08. The van der Waals surface area contributed by atoms with E-state index in [0.29, 0.717) is 11.1 Å². The lowest BCUT2D eigenvalue weighted by atomic mass is 10.2. The van der Waals surface area contributed by atoms with Crippen LogP contribution in [0.1, 0.15) is 26.3 Å². The average molecular weight is 421 g/mol. The minimum atomic E-state index is -0.935. The molecule has 2 N–H and O–H groups in total. The lowest BCUT2D eigenvalue weighted by molar-refractivity contribution is -0.140. The zero-order valence-electron chi connectivity index (χ0n) is 18.1. The second-order valence-corrected chi connectivity index (χ2v) is 5.61. The van der Waals surface area contributed by atoms with E-state index in [2.05, 4.69) is 35.8 Å². The minimum absolute atomic E-state index is 0.0473. The molecule has 0 amide bonds. The van der Waals surface area contributed by atoms with E-state index in [1.165, 1.54) is 19.6 Å². The van der Waals surface area contributed by atoms with Crippen molar-refractivity contribution >= 4 is 24.0 Å². The van der Waals surface area contributed by atoms with Gasteiger partial charge in [-0.05, 0) is 26.3 Å². The molecule has 0 heterocycles. The Bertz CT molecular complexity index is 692. The molecular formula is C23H32O7. The van der Waals surface area contributed by atoms with E-state index in [9.17, 15) is 14.4 Å². The first-order valence-electron chi connectivity index (χ1n) is 8.68. The maximum atomic E-state index is 10.5. The van der Waals surface area contributed by atoms with E-state index in [-0.39, 0.29) is 24.8 Å². The van der Waals surface area contributed by atoms with Crippen molar-refractivity contribution in [2.24, 2.45) is 0 Å². The van der Waals surface area contributed by atoms with E-state index >= 15 is 0 Å². The lowest BCUT2D eigenvalue weighted by Gasteiger charge is -1.99. The molecule has 0 saturated heterocycles. The van der Waals surface area contributed by atoms with Crippen LogP contribution in [0.3, 0.4) is 0 Å². The topological polar surface area (TPSA) is 110 Å². The van der Waals surface area contributed by atoms with Crippen LogP contribution in [0.5, 0.6) is 0 Å². The van der Waals surface area contributed by atoms with Gasteiger partial charge in [0.05, 0.1) is 13.7 Å². The molecule has 0 unspecified atom stereocenters. The molecule has 0 atom stereocenters. The van der Waals surface area contributed by atoms with Crippen LogP contribution in [0.2, 0.25) is 0 Å². The summed E-state index contributed by atoms with van der Waals surface area (Å²) >= 11 is 0. The number of carbonyl (C=O) groups excluding carboxylic acids is 2. The Balaban J connectivity index is -0.000000328. The second-order valence-electron chi connectivity index (χ2n) is 5.61. The zero-order chi connectivity index (χ0) is 24.1. The number of rotatable bonds is 6. The molecular weight excluding hydrogens is 388 g/mol. The van der Waals surface area contributed by atoms with E-state index in [0.717, 1.165) is 0 Å². The number of methoxy groups -OCH3 is 1. The molecule has 0 aliphatic rings. The molecule has 1 aromatic rings. The summed E-state index contributed by atoms with van der Waals surface area (Å²) in [5.41, 5.74) is 2.13. The van der Waals surface area contributed by atoms with Crippen molar-refractivity contribution in [1.82, 2.24) is 0 Å². The second kappa shape index (κ2) is 20.3. The Morgan fingerprint density at radius 1 is 0.933 bits per heavy atom. The van der Waals surface area contributed by atoms with Crippen LogP contribution in [-0.4, -0.2) is 48.4 Å². The van der Waals surface area contributed by atoms with Crippen LogP contribution < -0.4 is 0 Å². The largest absolute Gasteiger partial charge is 0.478 e. The molecule has 0 spiro atoms. The van der Waals surface area contributed by atoms with Gasteiger partial charge < -0.3 is 19.7 Å². The van der Waals surface area contributed by atoms with Crippen molar-refractivity contribution in [2.75, 3.05) is 20.3 Å². The first kappa shape index (κ1) is 31.3. The molecule has 1 rings (SSSR count). The molecule has 0 bridgehead atoms. The van der Waals surface area contributed by atoms with Gasteiger partial charge in [0.1, 0.15) is 6.61 Å². The summed E-state index contributed by atoms with van der Waals surface area (Å²) in [6.07, 6.45) is 1.83. The highest BCUT2D eigenvalue weighted by Crippen LogP contribution is 1.97. The normalized spacial score (nSPS) is 8.17. The fourth-order valence-corrected chi connectivity index (χ4v) is 1.02. The number of carboxylic acid groups (broad SMARTS) is 1. The minimum Gasteiger partial charge on any atom is -0.478 e. The molecule has 0 radical (unpaired) electrons. The van der Waals surface area contributed by atoms with Gasteiger partial charge in [-0.1, -0.05) is 62.7 Å². The molecule has 0 saturated carbocycles. The van der Waals surface area contributed by atoms with Gasteiger partial charge in [0, 0.05) is 16.7 Å². The fourth-order valence-electron chi connectivity index (χ4n) is 1.02. The van der Waals surface area contributed by atoms with Crippen LogP contribution in [0.4, 0.5) is 0 Å². The van der Waals surface area contributed by atoms with Gasteiger partial charge in [-0.2, -0.15) is 0 Å². The number of carbonyl (C=O) groups is 3. The highest BCUT2D eigenvalue weighted by atomic mass is 16.5. The van der Waals surface area contributed by atoms with Crippen molar-refractivity contribution in [1.29, 1.82) is 0 Å². The molecule has 0 aliphatic carbocycles. The Kier molecular flexibility index (Phi) is 21.1. The smallest absolute Gasteiger partial charge is 0.333 e. The van der Waals surface area contributed by atoms with Gasteiger partial charge in [-0.3, -0.25) is 0 Å². The third-order valence-electron chi connectivity index (χ3n) is 2.61. The Morgan fingerprint density at radius 3 is 1.57 bits per heavy atom. The third-order valence-corrected chi connectivity index (χ3v) is 2.61. The Labute approximate surface area is 178 Å². The number of hydrogen-bond acceptors (Lipinski definition) is 6. The number of ether oxygens (including phenoxy) is 2. The van der Waals surface area contributed by atoms with Crippen molar-refractivity contribution in [2.45, 2.75) is 20.8 Å². The summed E-state index contributed by atoms with van der Waals surface area (Å²) in [6.45, 7) is 18.0. The van der Waals surface area contributed by atoms with Crippen LogP contribution >= 0.6 is 0 Å². The summed E-state index contributed by atoms with van der Waals surface area (Å²) in [7, 11) is 1.33. The maximum absolute atomic E-state index is 10.5. The molecule has 166 valence electrons. The fraction of sp³-hybridized carbons (Fsp3) is 0.261. The van der Waals surface area contributed by atoms with Crippen molar-refractivity contribution < 1.29 is 34.1 Å². The number of carboxylic acids is 1. The molecule has 1 aromatic carbocycles. The SMILES string of the molecule is C=C(C)C(=O)O.C=C(C)C(=O)OC.C=C(C)C(=O)OCCO.C=Cc1ccccc1. The number of aliphatic hydroxyl groups is 1. The molecule has 0 aromatic heterocycles. The van der Waals surface area contributed by atoms with Crippen molar-refractivity contribution in [3.63, 3.8) is 0 Å². The van der Waals surface area contributed by atoms with Crippen LogP contribution in [-0.2, 0) is 23.9 Å². The van der Waals surface area contributed by atoms with Gasteiger partial charge in [-0.15, -0.1) is 0 Å². The number of esters is 2. The standard InChI is InChI=1S/C8H8.C6H10O3.C5H8O2.C4H6O2/c1-2-8-6-4-3-5-7-8;1-5(2)6(8)9-4-3-7;1-4(2)5(6)7-3;1-3(2)4(5)6/h2-7H,1H2;7H,1,3-4H2,2H3;1H2,2-3H3;1H2,2H3,(H,5,6). The summed E-state index contributed by atoms with van der Waals surface area (Å²) in [5.74, 6) is -1.74. The maximum Gasteiger partial charge on any atom is 0.333 e. The summed E-state index contributed by atoms with van der Waals surface area (Å²) in [6, 6.07) is 10.0.